The standard InChI is InChI=1S/C18H17FN2O4/c1-24-15-4-2-3-11-9-14(10-25-16(11)15)21-18(23)17(22)20-13-7-5-12(19)6-8-13/h2-8,14H,9-10H2,1H3,(H,20,22)(H,21,23)/t14-/m1/s1. The van der Waals surface area contributed by atoms with Crippen LogP contribution in [0, 0.1) is 5.82 Å². The normalized spacial score (nSPS) is 15.5. The van der Waals surface area contributed by atoms with Gasteiger partial charge in [-0.15, -0.1) is 0 Å². The molecule has 0 unspecified atom stereocenters. The molecule has 1 aliphatic heterocycles. The van der Waals surface area contributed by atoms with Gasteiger partial charge in [-0.25, -0.2) is 4.39 Å². The molecule has 1 atom stereocenters. The first-order chi connectivity index (χ1) is 12.1. The molecule has 2 N–H and O–H groups in total. The number of fused-ring (bicyclic) bond motifs is 1. The van der Waals surface area contributed by atoms with Crippen molar-refractivity contribution in [3.8, 4) is 11.5 Å². The van der Waals surface area contributed by atoms with Crippen LogP contribution in [0.25, 0.3) is 0 Å². The second-order valence-electron chi connectivity index (χ2n) is 5.60. The Morgan fingerprint density at radius 2 is 1.92 bits per heavy atom. The quantitative estimate of drug-likeness (QED) is 0.834. The molecule has 0 bridgehead atoms. The molecule has 3 rings (SSSR count). The molecule has 0 aliphatic carbocycles. The lowest BCUT2D eigenvalue weighted by Gasteiger charge is -2.26. The van der Waals surface area contributed by atoms with Gasteiger partial charge in [-0.3, -0.25) is 9.59 Å². The lowest BCUT2D eigenvalue weighted by atomic mass is 10.0. The largest absolute Gasteiger partial charge is 0.493 e. The SMILES string of the molecule is COc1cccc2c1OC[C@H](NC(=O)C(=O)Nc1ccc(F)cc1)C2. The Bertz CT molecular complexity index is 792. The molecule has 0 radical (unpaired) electrons. The first-order valence-electron chi connectivity index (χ1n) is 7.73. The van der Waals surface area contributed by atoms with Gasteiger partial charge in [-0.05, 0) is 36.8 Å². The van der Waals surface area contributed by atoms with Gasteiger partial charge < -0.3 is 20.1 Å². The molecule has 0 spiro atoms. The van der Waals surface area contributed by atoms with E-state index in [-0.39, 0.29) is 12.6 Å². The summed E-state index contributed by atoms with van der Waals surface area (Å²) < 4.78 is 23.7. The highest BCUT2D eigenvalue weighted by Crippen LogP contribution is 2.34. The first kappa shape index (κ1) is 16.8. The fraction of sp³-hybridized carbons (Fsp3) is 0.222. The van der Waals surface area contributed by atoms with Crippen molar-refractivity contribution >= 4 is 17.5 Å². The van der Waals surface area contributed by atoms with Gasteiger partial charge in [0.2, 0.25) is 0 Å². The van der Waals surface area contributed by atoms with Crippen LogP contribution in [0.4, 0.5) is 10.1 Å². The highest BCUT2D eigenvalue weighted by molar-refractivity contribution is 6.39. The average molecular weight is 344 g/mol. The summed E-state index contributed by atoms with van der Waals surface area (Å²) in [5.74, 6) is -0.717. The number of carbonyl (C=O) groups excluding carboxylic acids is 2. The minimum absolute atomic E-state index is 0.239. The van der Waals surface area contributed by atoms with Crippen molar-refractivity contribution in [2.75, 3.05) is 19.0 Å². The number of amides is 2. The summed E-state index contributed by atoms with van der Waals surface area (Å²) in [4.78, 5) is 24.0. The minimum atomic E-state index is -0.817. The minimum Gasteiger partial charge on any atom is -0.493 e. The van der Waals surface area contributed by atoms with E-state index < -0.39 is 17.6 Å². The van der Waals surface area contributed by atoms with Crippen molar-refractivity contribution < 1.29 is 23.5 Å². The first-order valence-corrected chi connectivity index (χ1v) is 7.73. The van der Waals surface area contributed by atoms with Crippen molar-refractivity contribution in [2.45, 2.75) is 12.5 Å². The molecule has 0 fully saturated rings. The van der Waals surface area contributed by atoms with Gasteiger partial charge in [0.25, 0.3) is 0 Å². The van der Waals surface area contributed by atoms with Crippen LogP contribution in [-0.2, 0) is 16.0 Å². The zero-order valence-corrected chi connectivity index (χ0v) is 13.5. The third kappa shape index (κ3) is 3.88. The number of nitrogens with one attached hydrogen (secondary N) is 2. The van der Waals surface area contributed by atoms with E-state index in [9.17, 15) is 14.0 Å². The Hall–Kier alpha value is -3.09. The zero-order valence-electron chi connectivity index (χ0n) is 13.5. The Balaban J connectivity index is 1.59. The predicted molar refractivity (Wildman–Crippen MR) is 89.2 cm³/mol. The highest BCUT2D eigenvalue weighted by Gasteiger charge is 2.26. The number of ether oxygens (including phenoxy) is 2. The molecule has 130 valence electrons. The summed E-state index contributed by atoms with van der Waals surface area (Å²) in [6.45, 7) is 0.239. The monoisotopic (exact) mass is 344 g/mol. The number of anilines is 1. The number of hydrogen-bond acceptors (Lipinski definition) is 4. The van der Waals surface area contributed by atoms with E-state index >= 15 is 0 Å². The maximum atomic E-state index is 12.9. The Morgan fingerprint density at radius 3 is 2.64 bits per heavy atom. The number of rotatable bonds is 3. The fourth-order valence-electron chi connectivity index (χ4n) is 2.62. The summed E-state index contributed by atoms with van der Waals surface area (Å²) in [6.07, 6.45) is 0.530. The van der Waals surface area contributed by atoms with E-state index in [2.05, 4.69) is 10.6 Å². The second kappa shape index (κ2) is 7.21. The van der Waals surface area contributed by atoms with Crippen LogP contribution in [-0.4, -0.2) is 31.6 Å². The lowest BCUT2D eigenvalue weighted by molar-refractivity contribution is -0.136. The lowest BCUT2D eigenvalue weighted by Crippen LogP contribution is -2.47. The summed E-state index contributed by atoms with van der Waals surface area (Å²) in [5.41, 5.74) is 1.24. The molecule has 2 aromatic carbocycles. The third-order valence-corrected chi connectivity index (χ3v) is 3.82. The molecule has 0 aromatic heterocycles. The number of carbonyl (C=O) groups is 2. The van der Waals surface area contributed by atoms with Gasteiger partial charge in [0.15, 0.2) is 11.5 Å². The van der Waals surface area contributed by atoms with Gasteiger partial charge in [0, 0.05) is 11.3 Å². The van der Waals surface area contributed by atoms with Gasteiger partial charge in [-0.2, -0.15) is 0 Å². The van der Waals surface area contributed by atoms with Crippen LogP contribution in [0.3, 0.4) is 0 Å². The molecule has 25 heavy (non-hydrogen) atoms. The second-order valence-corrected chi connectivity index (χ2v) is 5.60. The van der Waals surface area contributed by atoms with Crippen LogP contribution in [0.1, 0.15) is 5.56 Å². The highest BCUT2D eigenvalue weighted by atomic mass is 19.1. The molecule has 0 saturated heterocycles. The predicted octanol–water partition coefficient (Wildman–Crippen LogP) is 1.89. The van der Waals surface area contributed by atoms with Crippen LogP contribution in [0.15, 0.2) is 42.5 Å². The molecule has 0 saturated carbocycles. The number of benzene rings is 2. The Kier molecular flexibility index (Phi) is 4.83. The van der Waals surface area contributed by atoms with Crippen molar-refractivity contribution in [1.82, 2.24) is 5.32 Å². The number of halogens is 1. The van der Waals surface area contributed by atoms with E-state index in [4.69, 9.17) is 9.47 Å². The maximum absolute atomic E-state index is 12.9. The molecule has 2 aromatic rings. The topological polar surface area (TPSA) is 76.7 Å². The average Bonchev–Trinajstić information content (AvgIpc) is 2.62. The van der Waals surface area contributed by atoms with E-state index in [0.29, 0.717) is 23.6 Å². The van der Waals surface area contributed by atoms with Crippen LogP contribution in [0.5, 0.6) is 11.5 Å². The molecule has 2 amide bonds. The van der Waals surface area contributed by atoms with Gasteiger partial charge in [-0.1, -0.05) is 12.1 Å². The summed E-state index contributed by atoms with van der Waals surface area (Å²) in [7, 11) is 1.56. The molecular formula is C18H17FN2O4. The summed E-state index contributed by atoms with van der Waals surface area (Å²) >= 11 is 0. The van der Waals surface area contributed by atoms with E-state index in [1.165, 1.54) is 24.3 Å². The van der Waals surface area contributed by atoms with Crippen molar-refractivity contribution in [3.05, 3.63) is 53.8 Å². The summed E-state index contributed by atoms with van der Waals surface area (Å²) in [5, 5.41) is 5.06. The van der Waals surface area contributed by atoms with E-state index in [1.807, 2.05) is 12.1 Å². The van der Waals surface area contributed by atoms with Gasteiger partial charge >= 0.3 is 11.8 Å². The zero-order chi connectivity index (χ0) is 17.8. The third-order valence-electron chi connectivity index (χ3n) is 3.82. The van der Waals surface area contributed by atoms with Gasteiger partial charge in [0.05, 0.1) is 13.2 Å². The number of methoxy groups -OCH3 is 1. The summed E-state index contributed by atoms with van der Waals surface area (Å²) in [6, 6.07) is 10.4. The van der Waals surface area contributed by atoms with Crippen LogP contribution >= 0.6 is 0 Å². The van der Waals surface area contributed by atoms with Crippen molar-refractivity contribution in [3.63, 3.8) is 0 Å². The van der Waals surface area contributed by atoms with Crippen molar-refractivity contribution in [2.24, 2.45) is 0 Å². The van der Waals surface area contributed by atoms with E-state index in [0.717, 1.165) is 5.56 Å². The van der Waals surface area contributed by atoms with Crippen LogP contribution < -0.4 is 20.1 Å². The smallest absolute Gasteiger partial charge is 0.313 e. The Labute approximate surface area is 143 Å². The molecule has 7 heteroatoms. The van der Waals surface area contributed by atoms with Crippen LogP contribution in [0.2, 0.25) is 0 Å². The van der Waals surface area contributed by atoms with Gasteiger partial charge in [0.1, 0.15) is 12.4 Å². The number of hydrogen-bond donors (Lipinski definition) is 2. The molecule has 1 heterocycles. The number of para-hydroxylation sites is 1. The Morgan fingerprint density at radius 1 is 1.16 bits per heavy atom. The molecule has 1 aliphatic rings. The molecule has 6 nitrogen and oxygen atoms in total. The molecular weight excluding hydrogens is 327 g/mol. The van der Waals surface area contributed by atoms with E-state index in [1.54, 1.807) is 13.2 Å². The fourth-order valence-corrected chi connectivity index (χ4v) is 2.62. The maximum Gasteiger partial charge on any atom is 0.313 e. The van der Waals surface area contributed by atoms with Crippen molar-refractivity contribution in [1.29, 1.82) is 0 Å².